The predicted octanol–water partition coefficient (Wildman–Crippen LogP) is 4.93. The van der Waals surface area contributed by atoms with E-state index in [-0.39, 0.29) is 55.8 Å². The third-order valence-corrected chi connectivity index (χ3v) is 13.0. The van der Waals surface area contributed by atoms with E-state index in [9.17, 15) is 27.6 Å². The molecule has 0 saturated heterocycles. The molecule has 15 heteroatoms. The third kappa shape index (κ3) is 7.16. The number of hydrogen-bond acceptors (Lipinski definition) is 10. The van der Waals surface area contributed by atoms with Gasteiger partial charge in [-0.3, -0.25) is 9.59 Å². The van der Waals surface area contributed by atoms with Crippen molar-refractivity contribution < 1.29 is 37.0 Å². The summed E-state index contributed by atoms with van der Waals surface area (Å²) in [6.07, 6.45) is 0.904. The average Bonchev–Trinajstić information content (AvgIpc) is 3.75. The number of fused-ring (bicyclic) bond motifs is 8. The highest BCUT2D eigenvalue weighted by Gasteiger charge is 2.48. The SMILES string of the molecule is CC[C@@]1(OCNC(=O)CNC(=O)OCC2c3ccccc3-c3ccccc32)C(=O)OCc2c1cc1n(c2=O)Cc2c-1nc1ccccc1c2CCN(C(C)C)S(C)(=O)=O. The van der Waals surface area contributed by atoms with Crippen molar-refractivity contribution >= 4 is 38.9 Å². The maximum Gasteiger partial charge on any atom is 0.407 e. The Morgan fingerprint density at radius 3 is 2.34 bits per heavy atom. The number of nitrogens with one attached hydrogen (secondary N) is 2. The Kier molecular flexibility index (Phi) is 10.6. The second-order valence-corrected chi connectivity index (χ2v) is 17.2. The highest BCUT2D eigenvalue weighted by molar-refractivity contribution is 7.88. The monoisotopic (exact) mass is 819 g/mol. The van der Waals surface area contributed by atoms with E-state index in [0.717, 1.165) is 38.8 Å². The second kappa shape index (κ2) is 15.7. The lowest BCUT2D eigenvalue weighted by molar-refractivity contribution is -0.182. The molecule has 1 aliphatic carbocycles. The number of amides is 2. The summed E-state index contributed by atoms with van der Waals surface area (Å²) in [5, 5.41) is 5.93. The summed E-state index contributed by atoms with van der Waals surface area (Å²) in [6.45, 7) is 4.81. The molecule has 2 amide bonds. The van der Waals surface area contributed by atoms with E-state index in [4.69, 9.17) is 19.2 Å². The van der Waals surface area contributed by atoms with Gasteiger partial charge in [0.05, 0.1) is 35.3 Å². The van der Waals surface area contributed by atoms with Crippen LogP contribution in [-0.4, -0.2) is 79.0 Å². The first-order valence-electron chi connectivity index (χ1n) is 19.6. The number of pyridine rings is 2. The van der Waals surface area contributed by atoms with Crippen molar-refractivity contribution in [2.45, 2.75) is 64.3 Å². The quantitative estimate of drug-likeness (QED) is 0.120. The van der Waals surface area contributed by atoms with Crippen LogP contribution in [-0.2, 0) is 59.0 Å². The normalized spacial score (nSPS) is 16.6. The fraction of sp³-hybridized carbons (Fsp3) is 0.341. The molecule has 0 radical (unpaired) electrons. The molecule has 0 spiro atoms. The predicted molar refractivity (Wildman–Crippen MR) is 220 cm³/mol. The zero-order valence-corrected chi connectivity index (χ0v) is 34.1. The number of aromatic nitrogens is 2. The number of para-hydroxylation sites is 1. The lowest BCUT2D eigenvalue weighted by Gasteiger charge is -2.36. The molecule has 2 aromatic heterocycles. The van der Waals surface area contributed by atoms with E-state index < -0.39 is 46.9 Å². The lowest BCUT2D eigenvalue weighted by Crippen LogP contribution is -2.48. The second-order valence-electron chi connectivity index (χ2n) is 15.3. The molecular formula is C44H45N5O9S. The Morgan fingerprint density at radius 2 is 1.66 bits per heavy atom. The summed E-state index contributed by atoms with van der Waals surface area (Å²) >= 11 is 0. The highest BCUT2D eigenvalue weighted by atomic mass is 32.2. The molecule has 0 fully saturated rings. The molecule has 8 rings (SSSR count). The average molecular weight is 820 g/mol. The molecule has 3 aliphatic rings. The number of esters is 1. The van der Waals surface area contributed by atoms with Crippen LogP contribution in [0.1, 0.15) is 66.5 Å². The Morgan fingerprint density at radius 1 is 0.983 bits per heavy atom. The largest absolute Gasteiger partial charge is 0.458 e. The van der Waals surface area contributed by atoms with Crippen molar-refractivity contribution in [2.75, 3.05) is 32.7 Å². The topological polar surface area (TPSA) is 175 Å². The number of carbonyl (C=O) groups excluding carboxylic acids is 3. The Labute approximate surface area is 341 Å². The van der Waals surface area contributed by atoms with Gasteiger partial charge >= 0.3 is 12.1 Å². The summed E-state index contributed by atoms with van der Waals surface area (Å²) in [5.74, 6) is -1.43. The molecule has 14 nitrogen and oxygen atoms in total. The Balaban J connectivity index is 0.977. The minimum Gasteiger partial charge on any atom is -0.458 e. The number of cyclic esters (lactones) is 1. The van der Waals surface area contributed by atoms with Gasteiger partial charge in [0.1, 0.15) is 26.5 Å². The molecule has 306 valence electrons. The van der Waals surface area contributed by atoms with E-state index in [2.05, 4.69) is 10.6 Å². The van der Waals surface area contributed by atoms with Crippen molar-refractivity contribution in [2.24, 2.45) is 0 Å². The number of rotatable bonds is 13. The van der Waals surface area contributed by atoms with Crippen molar-refractivity contribution in [3.05, 3.63) is 123 Å². The summed E-state index contributed by atoms with van der Waals surface area (Å²) in [6, 6.07) is 25.0. The van der Waals surface area contributed by atoms with Crippen molar-refractivity contribution in [1.82, 2.24) is 24.5 Å². The molecule has 4 heterocycles. The summed E-state index contributed by atoms with van der Waals surface area (Å²) in [4.78, 5) is 58.4. The van der Waals surface area contributed by atoms with E-state index in [0.29, 0.717) is 28.9 Å². The Hall–Kier alpha value is -5.90. The number of sulfonamides is 1. The van der Waals surface area contributed by atoms with Crippen LogP contribution in [0.25, 0.3) is 33.4 Å². The van der Waals surface area contributed by atoms with Gasteiger partial charge in [-0.1, -0.05) is 73.7 Å². The maximum atomic E-state index is 14.2. The fourth-order valence-corrected chi connectivity index (χ4v) is 9.95. The molecular weight excluding hydrogens is 775 g/mol. The van der Waals surface area contributed by atoms with Gasteiger partial charge < -0.3 is 29.4 Å². The zero-order chi connectivity index (χ0) is 41.6. The highest BCUT2D eigenvalue weighted by Crippen LogP contribution is 2.45. The summed E-state index contributed by atoms with van der Waals surface area (Å²) in [7, 11) is -3.48. The number of alkyl carbamates (subject to hydrolysis) is 1. The van der Waals surface area contributed by atoms with Gasteiger partial charge in [0.2, 0.25) is 15.9 Å². The molecule has 0 unspecified atom stereocenters. The minimum atomic E-state index is -3.48. The van der Waals surface area contributed by atoms with Crippen LogP contribution in [0.2, 0.25) is 0 Å². The van der Waals surface area contributed by atoms with Crippen molar-refractivity contribution in [3.8, 4) is 22.5 Å². The van der Waals surface area contributed by atoms with E-state index in [1.54, 1.807) is 17.6 Å². The van der Waals surface area contributed by atoms with E-state index in [1.165, 1.54) is 10.6 Å². The number of benzene rings is 3. The third-order valence-electron chi connectivity index (χ3n) is 11.6. The van der Waals surface area contributed by atoms with E-state index in [1.807, 2.05) is 86.6 Å². The van der Waals surface area contributed by atoms with Crippen molar-refractivity contribution in [3.63, 3.8) is 0 Å². The van der Waals surface area contributed by atoms with Crippen LogP contribution in [0.5, 0.6) is 0 Å². The van der Waals surface area contributed by atoms with Crippen LogP contribution in [0.4, 0.5) is 4.79 Å². The number of carbonyl (C=O) groups is 3. The zero-order valence-electron chi connectivity index (χ0n) is 33.2. The first-order chi connectivity index (χ1) is 28.3. The van der Waals surface area contributed by atoms with Crippen LogP contribution in [0, 0.1) is 0 Å². The van der Waals surface area contributed by atoms with Crippen molar-refractivity contribution in [1.29, 1.82) is 0 Å². The van der Waals surface area contributed by atoms with Gasteiger partial charge in [0, 0.05) is 35.0 Å². The maximum absolute atomic E-state index is 14.2. The first-order valence-corrected chi connectivity index (χ1v) is 21.5. The standard InChI is InChI=1S/C44H45N5O9S/c1-5-44(58-25-46-39(50)21-45-43(53)57-23-34-29-14-8-6-12-27(29)28-13-7-9-15-30(28)34)36-20-38-40-33(22-48(38)41(51)35(36)24-56-42(44)52)31(32-16-10-11-17-37(32)47-40)18-19-49(26(2)3)59(4,54)55/h6-17,20,26,34H,5,18-19,21-25H2,1-4H3,(H,45,53)(H,46,50)/t44-/m0/s1. The van der Waals surface area contributed by atoms with Gasteiger partial charge in [-0.05, 0) is 66.6 Å². The van der Waals surface area contributed by atoms with Crippen LogP contribution in [0.15, 0.2) is 83.7 Å². The van der Waals surface area contributed by atoms with E-state index >= 15 is 0 Å². The molecule has 5 aromatic rings. The first kappa shape index (κ1) is 39.9. The van der Waals surface area contributed by atoms with Crippen LogP contribution in [0.3, 0.4) is 0 Å². The van der Waals surface area contributed by atoms with Gasteiger partial charge in [0.25, 0.3) is 5.56 Å². The molecule has 2 N–H and O–H groups in total. The molecule has 59 heavy (non-hydrogen) atoms. The van der Waals surface area contributed by atoms with Gasteiger partial charge in [0.15, 0.2) is 5.60 Å². The molecule has 0 saturated carbocycles. The van der Waals surface area contributed by atoms with Gasteiger partial charge in [-0.2, -0.15) is 4.31 Å². The molecule has 0 bridgehead atoms. The fourth-order valence-electron chi connectivity index (χ4n) is 8.76. The van der Waals surface area contributed by atoms with Gasteiger partial charge in [-0.25, -0.2) is 23.0 Å². The summed E-state index contributed by atoms with van der Waals surface area (Å²) < 4.78 is 45.6. The lowest BCUT2D eigenvalue weighted by atomic mass is 9.85. The molecule has 3 aromatic carbocycles. The van der Waals surface area contributed by atoms with Crippen LogP contribution < -0.4 is 16.2 Å². The molecule has 2 aliphatic heterocycles. The number of ether oxygens (including phenoxy) is 3. The molecule has 1 atom stereocenters. The number of hydrogen-bond donors (Lipinski definition) is 2. The number of nitrogens with zero attached hydrogens (tertiary/aromatic N) is 3. The summed E-state index contributed by atoms with van der Waals surface area (Å²) in [5.41, 5.74) is 6.23. The Bertz CT molecular complexity index is 2650. The van der Waals surface area contributed by atoms with Gasteiger partial charge in [-0.15, -0.1) is 0 Å². The minimum absolute atomic E-state index is 0.0788. The smallest absolute Gasteiger partial charge is 0.407 e. The van der Waals surface area contributed by atoms with Crippen LogP contribution >= 0.6 is 0 Å².